The molecule has 0 aromatic heterocycles. The van der Waals surface area contributed by atoms with Crippen molar-refractivity contribution in [3.63, 3.8) is 0 Å². The van der Waals surface area contributed by atoms with Gasteiger partial charge < -0.3 is 29.5 Å². The summed E-state index contributed by atoms with van der Waals surface area (Å²) in [6.07, 6.45) is 0.174. The van der Waals surface area contributed by atoms with Crippen LogP contribution < -0.4 is 14.8 Å². The molecule has 1 saturated heterocycles. The van der Waals surface area contributed by atoms with Gasteiger partial charge in [-0.05, 0) is 51.8 Å². The number of hydrogen-bond acceptors (Lipinski definition) is 6. The first-order valence-electron chi connectivity index (χ1n) is 10.5. The fourth-order valence-corrected chi connectivity index (χ4v) is 3.61. The Morgan fingerprint density at radius 1 is 1.27 bits per heavy atom. The molecule has 8 nitrogen and oxygen atoms in total. The zero-order valence-electron chi connectivity index (χ0n) is 18.2. The first-order valence-corrected chi connectivity index (χ1v) is 10.5. The van der Waals surface area contributed by atoms with Crippen LogP contribution in [0.15, 0.2) is 12.1 Å². The number of benzene rings is 1. The van der Waals surface area contributed by atoms with Crippen LogP contribution in [0.4, 0.5) is 4.79 Å². The Kier molecular flexibility index (Phi) is 6.75. The summed E-state index contributed by atoms with van der Waals surface area (Å²) in [7, 11) is 0. The van der Waals surface area contributed by atoms with Gasteiger partial charge in [-0.2, -0.15) is 0 Å². The minimum atomic E-state index is -0.735. The van der Waals surface area contributed by atoms with E-state index in [9.17, 15) is 14.7 Å². The number of carbonyl (C=O) groups is 2. The van der Waals surface area contributed by atoms with Gasteiger partial charge in [-0.15, -0.1) is 0 Å². The Labute approximate surface area is 177 Å². The molecule has 0 aliphatic carbocycles. The third kappa shape index (κ3) is 5.56. The predicted molar refractivity (Wildman–Crippen MR) is 111 cm³/mol. The zero-order valence-corrected chi connectivity index (χ0v) is 18.2. The molecule has 30 heavy (non-hydrogen) atoms. The topological polar surface area (TPSA) is 97.3 Å². The molecule has 1 aromatic rings. The number of piperidine rings is 1. The molecule has 2 atom stereocenters. The number of ether oxygens (including phenoxy) is 3. The van der Waals surface area contributed by atoms with Crippen LogP contribution >= 0.6 is 0 Å². The number of aryl methyl sites for hydroxylation is 1. The highest BCUT2D eigenvalue weighted by atomic mass is 16.6. The Balaban J connectivity index is 1.58. The maximum atomic E-state index is 12.8. The van der Waals surface area contributed by atoms with Gasteiger partial charge in [-0.3, -0.25) is 4.79 Å². The lowest BCUT2D eigenvalue weighted by molar-refractivity contribution is -0.0122. The minimum absolute atomic E-state index is 0.145. The van der Waals surface area contributed by atoms with E-state index in [1.807, 2.05) is 33.8 Å². The third-order valence-electron chi connectivity index (χ3n) is 5.13. The van der Waals surface area contributed by atoms with E-state index in [0.717, 1.165) is 12.0 Å². The monoisotopic (exact) mass is 420 g/mol. The summed E-state index contributed by atoms with van der Waals surface area (Å²) >= 11 is 0. The van der Waals surface area contributed by atoms with Gasteiger partial charge in [0.2, 0.25) is 0 Å². The summed E-state index contributed by atoms with van der Waals surface area (Å²) in [4.78, 5) is 26.6. The number of aliphatic hydroxyl groups is 1. The second kappa shape index (κ2) is 9.12. The number of rotatable bonds is 3. The van der Waals surface area contributed by atoms with Crippen molar-refractivity contribution in [2.75, 3.05) is 32.8 Å². The van der Waals surface area contributed by atoms with Gasteiger partial charge in [0.25, 0.3) is 5.91 Å². The number of nitrogens with one attached hydrogen (secondary N) is 1. The molecule has 0 saturated carbocycles. The smallest absolute Gasteiger partial charge is 0.410 e. The Morgan fingerprint density at radius 3 is 2.70 bits per heavy atom. The number of aliphatic hydroxyl groups excluding tert-OH is 1. The van der Waals surface area contributed by atoms with E-state index in [-0.39, 0.29) is 18.4 Å². The summed E-state index contributed by atoms with van der Waals surface area (Å²) in [5.41, 5.74) is 0.771. The van der Waals surface area contributed by atoms with Crippen LogP contribution in [0.2, 0.25) is 0 Å². The quantitative estimate of drug-likeness (QED) is 0.780. The van der Waals surface area contributed by atoms with Gasteiger partial charge in [0.1, 0.15) is 5.60 Å². The van der Waals surface area contributed by atoms with Crippen LogP contribution in [0.1, 0.15) is 49.5 Å². The summed E-state index contributed by atoms with van der Waals surface area (Å²) in [6.45, 7) is 9.36. The van der Waals surface area contributed by atoms with Crippen LogP contribution in [-0.2, 0) is 4.74 Å². The summed E-state index contributed by atoms with van der Waals surface area (Å²) in [6, 6.07) is 3.65. The average molecular weight is 421 g/mol. The van der Waals surface area contributed by atoms with E-state index in [1.54, 1.807) is 6.07 Å². The SMILES string of the molecule is Cc1cc2c(c(C(=O)NC[C@@H]3CCN(C(=O)OC(C)(C)C)C[C@H]3O)c1)OCCCO2. The molecule has 1 aromatic carbocycles. The van der Waals surface area contributed by atoms with E-state index in [2.05, 4.69) is 5.32 Å². The number of hydrogen-bond donors (Lipinski definition) is 2. The molecular weight excluding hydrogens is 388 g/mol. The van der Waals surface area contributed by atoms with Crippen molar-refractivity contribution in [3.05, 3.63) is 23.3 Å². The van der Waals surface area contributed by atoms with E-state index in [0.29, 0.717) is 49.8 Å². The molecule has 2 aliphatic heterocycles. The number of β-amino-alcohol motifs (C(OH)–C–C–N with tert-alkyl or cyclic N) is 1. The molecule has 0 radical (unpaired) electrons. The van der Waals surface area contributed by atoms with Crippen molar-refractivity contribution in [2.45, 2.75) is 52.2 Å². The average Bonchev–Trinajstić information content (AvgIpc) is 2.90. The van der Waals surface area contributed by atoms with Gasteiger partial charge in [0.15, 0.2) is 11.5 Å². The van der Waals surface area contributed by atoms with Crippen LogP contribution in [-0.4, -0.2) is 66.6 Å². The third-order valence-corrected chi connectivity index (χ3v) is 5.13. The van der Waals surface area contributed by atoms with Crippen molar-refractivity contribution in [1.29, 1.82) is 0 Å². The molecule has 0 spiro atoms. The largest absolute Gasteiger partial charge is 0.490 e. The lowest BCUT2D eigenvalue weighted by Crippen LogP contribution is -2.50. The molecule has 0 bridgehead atoms. The second-order valence-electron chi connectivity index (χ2n) is 8.94. The van der Waals surface area contributed by atoms with Gasteiger partial charge in [-0.25, -0.2) is 4.79 Å². The fraction of sp³-hybridized carbons (Fsp3) is 0.636. The van der Waals surface area contributed by atoms with Crippen LogP contribution in [0, 0.1) is 12.8 Å². The number of nitrogens with zero attached hydrogens (tertiary/aromatic N) is 1. The predicted octanol–water partition coefficient (Wildman–Crippen LogP) is 2.50. The van der Waals surface area contributed by atoms with E-state index in [4.69, 9.17) is 14.2 Å². The lowest BCUT2D eigenvalue weighted by Gasteiger charge is -2.36. The van der Waals surface area contributed by atoms with Crippen molar-refractivity contribution < 1.29 is 28.9 Å². The lowest BCUT2D eigenvalue weighted by atomic mass is 9.94. The molecule has 8 heteroatoms. The van der Waals surface area contributed by atoms with Crippen LogP contribution in [0.5, 0.6) is 11.5 Å². The molecule has 2 aliphatic rings. The fourth-order valence-electron chi connectivity index (χ4n) is 3.61. The molecule has 2 N–H and O–H groups in total. The van der Waals surface area contributed by atoms with Gasteiger partial charge >= 0.3 is 6.09 Å². The summed E-state index contributed by atoms with van der Waals surface area (Å²) in [5.74, 6) is 0.648. The number of amides is 2. The van der Waals surface area contributed by atoms with Crippen LogP contribution in [0.3, 0.4) is 0 Å². The molecule has 3 rings (SSSR count). The van der Waals surface area contributed by atoms with Gasteiger partial charge in [-0.1, -0.05) is 0 Å². The minimum Gasteiger partial charge on any atom is -0.490 e. The second-order valence-corrected chi connectivity index (χ2v) is 8.94. The maximum absolute atomic E-state index is 12.8. The number of likely N-dealkylation sites (tertiary alicyclic amines) is 1. The molecular formula is C22H32N2O6. The van der Waals surface area contributed by atoms with Crippen molar-refractivity contribution >= 4 is 12.0 Å². The van der Waals surface area contributed by atoms with Crippen molar-refractivity contribution in [3.8, 4) is 11.5 Å². The van der Waals surface area contributed by atoms with Crippen molar-refractivity contribution in [1.82, 2.24) is 10.2 Å². The van der Waals surface area contributed by atoms with E-state index >= 15 is 0 Å². The first kappa shape index (κ1) is 22.2. The van der Waals surface area contributed by atoms with Crippen molar-refractivity contribution in [2.24, 2.45) is 5.92 Å². The maximum Gasteiger partial charge on any atom is 0.410 e. The van der Waals surface area contributed by atoms with Gasteiger partial charge in [0, 0.05) is 25.4 Å². The van der Waals surface area contributed by atoms with E-state index in [1.165, 1.54) is 4.90 Å². The molecule has 2 amide bonds. The standard InChI is InChI=1S/C22H32N2O6/c1-14-10-16(19-18(11-14)28-8-5-9-29-19)20(26)23-12-15-6-7-24(13-17(15)25)21(27)30-22(2,3)4/h10-11,15,17,25H,5-9,12-13H2,1-4H3,(H,23,26)/t15-,17+/m0/s1. The highest BCUT2D eigenvalue weighted by Gasteiger charge is 2.33. The highest BCUT2D eigenvalue weighted by Crippen LogP contribution is 2.34. The zero-order chi connectivity index (χ0) is 21.9. The molecule has 1 fully saturated rings. The molecule has 0 unspecified atom stereocenters. The Bertz CT molecular complexity index is 789. The molecule has 2 heterocycles. The summed E-state index contributed by atoms with van der Waals surface area (Å²) < 4.78 is 16.8. The molecule has 166 valence electrons. The van der Waals surface area contributed by atoms with E-state index < -0.39 is 17.8 Å². The summed E-state index contributed by atoms with van der Waals surface area (Å²) in [5, 5.41) is 13.4. The van der Waals surface area contributed by atoms with Crippen LogP contribution in [0.25, 0.3) is 0 Å². The Morgan fingerprint density at radius 2 is 2.00 bits per heavy atom. The first-order chi connectivity index (χ1) is 14.1. The van der Waals surface area contributed by atoms with Gasteiger partial charge in [0.05, 0.1) is 31.4 Å². The number of fused-ring (bicyclic) bond motifs is 1. The highest BCUT2D eigenvalue weighted by molar-refractivity contribution is 5.98. The Hall–Kier alpha value is -2.48. The number of carbonyl (C=O) groups excluding carboxylic acids is 2. The normalized spacial score (nSPS) is 21.6.